The van der Waals surface area contributed by atoms with Crippen LogP contribution >= 0.6 is 0 Å². The molecule has 0 heterocycles. The van der Waals surface area contributed by atoms with Crippen molar-refractivity contribution in [3.8, 4) is 0 Å². The van der Waals surface area contributed by atoms with Crippen LogP contribution in [0.5, 0.6) is 0 Å². The van der Waals surface area contributed by atoms with E-state index in [1.54, 1.807) is 6.07 Å². The van der Waals surface area contributed by atoms with Crippen LogP contribution in [0.2, 0.25) is 0 Å². The minimum absolute atomic E-state index is 0.281. The molecule has 0 amide bonds. The van der Waals surface area contributed by atoms with Crippen LogP contribution in [0.25, 0.3) is 0 Å². The Hall–Kier alpha value is -2.03. The highest BCUT2D eigenvalue weighted by molar-refractivity contribution is 5.68. The van der Waals surface area contributed by atoms with Gasteiger partial charge in [-0.3, -0.25) is 0 Å². The van der Waals surface area contributed by atoms with Crippen LogP contribution in [-0.2, 0) is 6.54 Å². The summed E-state index contributed by atoms with van der Waals surface area (Å²) in [4.78, 5) is 2.28. The van der Waals surface area contributed by atoms with Gasteiger partial charge in [0, 0.05) is 12.6 Å². The van der Waals surface area contributed by atoms with Gasteiger partial charge in [-0.1, -0.05) is 30.3 Å². The average molecular weight is 256 g/mol. The molecule has 0 atom stereocenters. The highest BCUT2D eigenvalue weighted by Gasteiger charge is 2.30. The molecule has 3 rings (SSSR count). The summed E-state index contributed by atoms with van der Waals surface area (Å²) in [6, 6.07) is 15.5. The molecule has 3 heteroatoms. The molecule has 2 aromatic carbocycles. The second kappa shape index (κ2) is 4.92. The Labute approximate surface area is 112 Å². The molecule has 0 aliphatic heterocycles. The summed E-state index contributed by atoms with van der Waals surface area (Å²) in [6.45, 7) is 0.821. The molecule has 1 aliphatic rings. The summed E-state index contributed by atoms with van der Waals surface area (Å²) in [6.07, 6.45) is 2.37. The zero-order valence-electron chi connectivity index (χ0n) is 10.7. The first-order valence-electron chi connectivity index (χ1n) is 6.59. The Balaban J connectivity index is 1.89. The van der Waals surface area contributed by atoms with Gasteiger partial charge < -0.3 is 10.6 Å². The molecule has 98 valence electrons. The fourth-order valence-electron chi connectivity index (χ4n) is 2.36. The number of hydrogen-bond acceptors (Lipinski definition) is 2. The maximum Gasteiger partial charge on any atom is 0.125 e. The van der Waals surface area contributed by atoms with Gasteiger partial charge in [-0.2, -0.15) is 0 Å². The van der Waals surface area contributed by atoms with Crippen molar-refractivity contribution >= 4 is 11.4 Å². The Kier molecular flexibility index (Phi) is 3.11. The lowest BCUT2D eigenvalue weighted by molar-refractivity contribution is 0.628. The van der Waals surface area contributed by atoms with Crippen molar-refractivity contribution in [1.29, 1.82) is 0 Å². The van der Waals surface area contributed by atoms with Crippen LogP contribution in [0.4, 0.5) is 15.8 Å². The Morgan fingerprint density at radius 2 is 1.84 bits per heavy atom. The minimum Gasteiger partial charge on any atom is -0.397 e. The van der Waals surface area contributed by atoms with E-state index >= 15 is 0 Å². The SMILES string of the molecule is Nc1cc(F)ccc1N(Cc1ccccc1)C1CC1. The lowest BCUT2D eigenvalue weighted by Crippen LogP contribution is -2.25. The van der Waals surface area contributed by atoms with E-state index in [0.717, 1.165) is 12.2 Å². The third-order valence-electron chi connectivity index (χ3n) is 3.48. The number of hydrogen-bond donors (Lipinski definition) is 1. The van der Waals surface area contributed by atoms with Gasteiger partial charge in [0.2, 0.25) is 0 Å². The molecule has 2 nitrogen and oxygen atoms in total. The monoisotopic (exact) mass is 256 g/mol. The van der Waals surface area contributed by atoms with Crippen LogP contribution < -0.4 is 10.6 Å². The van der Waals surface area contributed by atoms with E-state index in [0.29, 0.717) is 11.7 Å². The molecule has 2 N–H and O–H groups in total. The molecule has 0 spiro atoms. The van der Waals surface area contributed by atoms with E-state index in [4.69, 9.17) is 5.73 Å². The predicted molar refractivity (Wildman–Crippen MR) is 76.5 cm³/mol. The normalized spacial score (nSPS) is 14.4. The summed E-state index contributed by atoms with van der Waals surface area (Å²) in [7, 11) is 0. The molecule has 0 bridgehead atoms. The highest BCUT2D eigenvalue weighted by atomic mass is 19.1. The maximum atomic E-state index is 13.2. The third-order valence-corrected chi connectivity index (χ3v) is 3.48. The van der Waals surface area contributed by atoms with Crippen molar-refractivity contribution in [2.24, 2.45) is 0 Å². The topological polar surface area (TPSA) is 29.3 Å². The van der Waals surface area contributed by atoms with Crippen molar-refractivity contribution in [3.05, 3.63) is 59.9 Å². The molecular formula is C16H17FN2. The number of benzene rings is 2. The molecule has 0 aromatic heterocycles. The van der Waals surface area contributed by atoms with Gasteiger partial charge in [0.05, 0.1) is 11.4 Å². The lowest BCUT2D eigenvalue weighted by atomic mass is 10.1. The number of nitrogens with zero attached hydrogens (tertiary/aromatic N) is 1. The van der Waals surface area contributed by atoms with E-state index in [-0.39, 0.29) is 5.82 Å². The van der Waals surface area contributed by atoms with Crippen LogP contribution in [-0.4, -0.2) is 6.04 Å². The summed E-state index contributed by atoms with van der Waals surface area (Å²) in [5.74, 6) is -0.281. The fraction of sp³-hybridized carbons (Fsp3) is 0.250. The zero-order valence-corrected chi connectivity index (χ0v) is 10.7. The van der Waals surface area contributed by atoms with Gasteiger partial charge in [-0.25, -0.2) is 4.39 Å². The second-order valence-corrected chi connectivity index (χ2v) is 5.05. The smallest absolute Gasteiger partial charge is 0.125 e. The molecule has 1 aliphatic carbocycles. The highest BCUT2D eigenvalue weighted by Crippen LogP contribution is 2.36. The molecule has 1 saturated carbocycles. The molecule has 19 heavy (non-hydrogen) atoms. The second-order valence-electron chi connectivity index (χ2n) is 5.05. The summed E-state index contributed by atoms with van der Waals surface area (Å²) >= 11 is 0. The first-order valence-corrected chi connectivity index (χ1v) is 6.59. The van der Waals surface area contributed by atoms with E-state index in [1.165, 1.54) is 30.5 Å². The first-order chi connectivity index (χ1) is 9.24. The van der Waals surface area contributed by atoms with E-state index in [2.05, 4.69) is 17.0 Å². The molecule has 0 unspecified atom stereocenters. The van der Waals surface area contributed by atoms with Gasteiger partial charge in [0.1, 0.15) is 5.82 Å². The van der Waals surface area contributed by atoms with Crippen molar-refractivity contribution in [3.63, 3.8) is 0 Å². The van der Waals surface area contributed by atoms with Crippen LogP contribution in [0.1, 0.15) is 18.4 Å². The largest absolute Gasteiger partial charge is 0.397 e. The van der Waals surface area contributed by atoms with Crippen LogP contribution in [0, 0.1) is 5.82 Å². The predicted octanol–water partition coefficient (Wildman–Crippen LogP) is 3.58. The summed E-state index contributed by atoms with van der Waals surface area (Å²) in [5, 5.41) is 0. The van der Waals surface area contributed by atoms with Gasteiger partial charge in [0.15, 0.2) is 0 Å². The molecule has 2 aromatic rings. The van der Waals surface area contributed by atoms with Gasteiger partial charge in [0.25, 0.3) is 0 Å². The number of rotatable bonds is 4. The molecule has 0 radical (unpaired) electrons. The average Bonchev–Trinajstić information content (AvgIpc) is 3.22. The number of anilines is 2. The van der Waals surface area contributed by atoms with Crippen molar-refractivity contribution < 1.29 is 4.39 Å². The van der Waals surface area contributed by atoms with Crippen molar-refractivity contribution in [2.75, 3.05) is 10.6 Å². The number of nitrogens with two attached hydrogens (primary N) is 1. The lowest BCUT2D eigenvalue weighted by Gasteiger charge is -2.26. The van der Waals surface area contributed by atoms with Crippen molar-refractivity contribution in [1.82, 2.24) is 0 Å². The van der Waals surface area contributed by atoms with Gasteiger partial charge >= 0.3 is 0 Å². The maximum absolute atomic E-state index is 13.2. The number of nitrogen functional groups attached to an aromatic ring is 1. The molecule has 1 fully saturated rings. The zero-order chi connectivity index (χ0) is 13.2. The quantitative estimate of drug-likeness (QED) is 0.847. The third kappa shape index (κ3) is 2.70. The first kappa shape index (κ1) is 12.0. The Morgan fingerprint density at radius 3 is 2.47 bits per heavy atom. The van der Waals surface area contributed by atoms with Crippen molar-refractivity contribution in [2.45, 2.75) is 25.4 Å². The Bertz CT molecular complexity index is 564. The number of halogens is 1. The Morgan fingerprint density at radius 1 is 1.11 bits per heavy atom. The fourth-order valence-corrected chi connectivity index (χ4v) is 2.36. The molecular weight excluding hydrogens is 239 g/mol. The van der Waals surface area contributed by atoms with E-state index < -0.39 is 0 Å². The minimum atomic E-state index is -0.281. The van der Waals surface area contributed by atoms with Gasteiger partial charge in [-0.15, -0.1) is 0 Å². The standard InChI is InChI=1S/C16H17FN2/c17-13-6-9-16(15(18)10-13)19(14-7-8-14)11-12-4-2-1-3-5-12/h1-6,9-10,14H,7-8,11,18H2. The van der Waals surface area contributed by atoms with E-state index in [9.17, 15) is 4.39 Å². The summed E-state index contributed by atoms with van der Waals surface area (Å²) in [5.41, 5.74) is 8.66. The molecule has 0 saturated heterocycles. The van der Waals surface area contributed by atoms with Gasteiger partial charge in [-0.05, 0) is 36.6 Å². The van der Waals surface area contributed by atoms with Crippen LogP contribution in [0.15, 0.2) is 48.5 Å². The van der Waals surface area contributed by atoms with E-state index in [1.807, 2.05) is 18.2 Å². The summed E-state index contributed by atoms with van der Waals surface area (Å²) < 4.78 is 13.2. The van der Waals surface area contributed by atoms with Crippen LogP contribution in [0.3, 0.4) is 0 Å².